The molecule has 0 aliphatic heterocycles. The first kappa shape index (κ1) is 22.8. The van der Waals surface area contributed by atoms with Crippen LogP contribution in [0.3, 0.4) is 0 Å². The van der Waals surface area contributed by atoms with Gasteiger partial charge in [0.05, 0.1) is 10.9 Å². The molecule has 8 heteroatoms. The van der Waals surface area contributed by atoms with Crippen LogP contribution in [-0.4, -0.2) is 26.5 Å². The quantitative estimate of drug-likeness (QED) is 0.591. The molecule has 0 unspecified atom stereocenters. The standard InChI is InChI=1S/C28H30N4O4/c1-31-23-8-5-20(12-22(23)26(35)32(2)27(31)36)24(33)29-21-6-3-19(4-7-21)25(34)30-28-13-16-9-17(14-28)11-18(10-16)15-28/h3-8,12,16-18H,9-11,13-15H2,1-2H3,(H,29,33)(H,30,34). The average Bonchev–Trinajstić information content (AvgIpc) is 2.85. The summed E-state index contributed by atoms with van der Waals surface area (Å²) in [5.74, 6) is 1.85. The highest BCUT2D eigenvalue weighted by Crippen LogP contribution is 2.55. The zero-order valence-corrected chi connectivity index (χ0v) is 20.5. The zero-order chi connectivity index (χ0) is 25.2. The number of carbonyl (C=O) groups is 2. The van der Waals surface area contributed by atoms with Crippen molar-refractivity contribution in [2.45, 2.75) is 44.1 Å². The minimum atomic E-state index is -0.447. The Morgan fingerprint density at radius 3 is 2.00 bits per heavy atom. The Labute approximate surface area is 208 Å². The van der Waals surface area contributed by atoms with Gasteiger partial charge in [0.25, 0.3) is 17.4 Å². The third-order valence-corrected chi connectivity index (χ3v) is 8.55. The molecule has 4 aliphatic rings. The van der Waals surface area contributed by atoms with Gasteiger partial charge in [-0.05, 0) is 98.7 Å². The van der Waals surface area contributed by atoms with Crippen LogP contribution in [0.2, 0.25) is 0 Å². The van der Waals surface area contributed by atoms with Crippen molar-refractivity contribution in [3.05, 3.63) is 74.4 Å². The van der Waals surface area contributed by atoms with Crippen LogP contribution in [0.4, 0.5) is 5.69 Å². The molecule has 0 spiro atoms. The number of fused-ring (bicyclic) bond motifs is 1. The van der Waals surface area contributed by atoms with Gasteiger partial charge in [-0.25, -0.2) is 4.79 Å². The van der Waals surface area contributed by atoms with Crippen molar-refractivity contribution in [3.63, 3.8) is 0 Å². The molecule has 2 N–H and O–H groups in total. The van der Waals surface area contributed by atoms with E-state index in [1.165, 1.54) is 36.9 Å². The fourth-order valence-corrected chi connectivity index (χ4v) is 7.22. The first-order valence-corrected chi connectivity index (χ1v) is 12.6. The minimum Gasteiger partial charge on any atom is -0.347 e. The molecule has 1 aromatic heterocycles. The predicted molar refractivity (Wildman–Crippen MR) is 137 cm³/mol. The average molecular weight is 487 g/mol. The highest BCUT2D eigenvalue weighted by Gasteiger charge is 2.51. The Morgan fingerprint density at radius 1 is 0.806 bits per heavy atom. The van der Waals surface area contributed by atoms with Gasteiger partial charge in [0.1, 0.15) is 0 Å². The lowest BCUT2D eigenvalue weighted by Gasteiger charge is -2.56. The molecular weight excluding hydrogens is 456 g/mol. The topological polar surface area (TPSA) is 102 Å². The summed E-state index contributed by atoms with van der Waals surface area (Å²) in [7, 11) is 3.00. The SMILES string of the molecule is Cn1c(=O)c2cc(C(=O)Nc3ccc(C(=O)NC45CC6CC(CC(C6)C4)C5)cc3)ccc2n(C)c1=O. The van der Waals surface area contributed by atoms with Crippen LogP contribution in [-0.2, 0) is 14.1 Å². The molecule has 0 radical (unpaired) electrons. The van der Waals surface area contributed by atoms with Crippen molar-refractivity contribution in [3.8, 4) is 0 Å². The van der Waals surface area contributed by atoms with Crippen molar-refractivity contribution in [1.82, 2.24) is 14.5 Å². The number of rotatable bonds is 4. The Bertz CT molecular complexity index is 1480. The molecule has 0 saturated heterocycles. The Hall–Kier alpha value is -3.68. The van der Waals surface area contributed by atoms with Crippen LogP contribution in [0.15, 0.2) is 52.1 Å². The second kappa shape index (κ2) is 8.18. The minimum absolute atomic E-state index is 0.0463. The molecule has 4 aliphatic carbocycles. The second-order valence-electron chi connectivity index (χ2n) is 11.1. The molecule has 36 heavy (non-hydrogen) atoms. The lowest BCUT2D eigenvalue weighted by Crippen LogP contribution is -2.59. The molecule has 3 aromatic rings. The number of hydrogen-bond acceptors (Lipinski definition) is 4. The molecule has 7 rings (SSSR count). The van der Waals surface area contributed by atoms with Crippen LogP contribution >= 0.6 is 0 Å². The summed E-state index contributed by atoms with van der Waals surface area (Å²) in [6, 6.07) is 11.6. The van der Waals surface area contributed by atoms with E-state index in [-0.39, 0.29) is 17.4 Å². The van der Waals surface area contributed by atoms with Crippen LogP contribution in [0, 0.1) is 17.8 Å². The van der Waals surface area contributed by atoms with E-state index in [1.54, 1.807) is 43.4 Å². The fraction of sp³-hybridized carbons (Fsp3) is 0.429. The highest BCUT2D eigenvalue weighted by atomic mass is 16.2. The Balaban J connectivity index is 1.16. The van der Waals surface area contributed by atoms with E-state index >= 15 is 0 Å². The van der Waals surface area contributed by atoms with Crippen molar-refractivity contribution < 1.29 is 9.59 Å². The third-order valence-electron chi connectivity index (χ3n) is 8.55. The van der Waals surface area contributed by atoms with Gasteiger partial charge in [-0.1, -0.05) is 0 Å². The van der Waals surface area contributed by atoms with E-state index in [0.717, 1.165) is 41.6 Å². The maximum Gasteiger partial charge on any atom is 0.330 e. The summed E-state index contributed by atoms with van der Waals surface area (Å²) in [6.07, 6.45) is 7.28. The largest absolute Gasteiger partial charge is 0.347 e. The van der Waals surface area contributed by atoms with Crippen molar-refractivity contribution in [2.24, 2.45) is 31.8 Å². The molecule has 2 amide bonds. The number of nitrogens with one attached hydrogen (secondary N) is 2. The first-order valence-electron chi connectivity index (χ1n) is 12.6. The summed E-state index contributed by atoms with van der Waals surface area (Å²) < 4.78 is 2.41. The summed E-state index contributed by atoms with van der Waals surface area (Å²) in [4.78, 5) is 50.6. The number of aromatic nitrogens is 2. The van der Waals surface area contributed by atoms with E-state index in [2.05, 4.69) is 10.6 Å². The van der Waals surface area contributed by atoms with Gasteiger partial charge in [0.15, 0.2) is 0 Å². The Morgan fingerprint density at radius 2 is 1.39 bits per heavy atom. The number of carbonyl (C=O) groups excluding carboxylic acids is 2. The number of anilines is 1. The smallest absolute Gasteiger partial charge is 0.330 e. The van der Waals surface area contributed by atoms with Crippen molar-refractivity contribution >= 4 is 28.4 Å². The first-order chi connectivity index (χ1) is 17.2. The third kappa shape index (κ3) is 3.75. The molecule has 4 fully saturated rings. The number of benzene rings is 2. The van der Waals surface area contributed by atoms with Crippen molar-refractivity contribution in [2.75, 3.05) is 5.32 Å². The number of hydrogen-bond donors (Lipinski definition) is 2. The molecule has 1 heterocycles. The van der Waals surface area contributed by atoms with E-state index in [0.29, 0.717) is 27.7 Å². The van der Waals surface area contributed by atoms with Gasteiger partial charge in [0.2, 0.25) is 0 Å². The van der Waals surface area contributed by atoms with Gasteiger partial charge in [-0.3, -0.25) is 23.5 Å². The van der Waals surface area contributed by atoms with Crippen LogP contribution < -0.4 is 21.9 Å². The maximum absolute atomic E-state index is 13.1. The normalized spacial score (nSPS) is 26.2. The molecule has 8 nitrogen and oxygen atoms in total. The zero-order valence-electron chi connectivity index (χ0n) is 20.5. The van der Waals surface area contributed by atoms with E-state index in [9.17, 15) is 19.2 Å². The van der Waals surface area contributed by atoms with E-state index in [4.69, 9.17) is 0 Å². The molecule has 186 valence electrons. The van der Waals surface area contributed by atoms with Crippen LogP contribution in [0.1, 0.15) is 59.2 Å². The van der Waals surface area contributed by atoms with Gasteiger partial charge < -0.3 is 10.6 Å². The van der Waals surface area contributed by atoms with Gasteiger partial charge >= 0.3 is 5.69 Å². The number of nitrogens with zero attached hydrogens (tertiary/aromatic N) is 2. The highest BCUT2D eigenvalue weighted by molar-refractivity contribution is 6.06. The number of aryl methyl sites for hydroxylation is 1. The van der Waals surface area contributed by atoms with Gasteiger partial charge in [-0.2, -0.15) is 0 Å². The predicted octanol–water partition coefficient (Wildman–Crippen LogP) is 3.19. The summed E-state index contributed by atoms with van der Waals surface area (Å²) in [6.45, 7) is 0. The van der Waals surface area contributed by atoms with Crippen LogP contribution in [0.25, 0.3) is 10.9 Å². The lowest BCUT2D eigenvalue weighted by atomic mass is 9.53. The van der Waals surface area contributed by atoms with Gasteiger partial charge in [-0.15, -0.1) is 0 Å². The monoisotopic (exact) mass is 486 g/mol. The maximum atomic E-state index is 13.1. The number of amides is 2. The van der Waals surface area contributed by atoms with Gasteiger partial charge in [0, 0.05) is 36.4 Å². The van der Waals surface area contributed by atoms with E-state index < -0.39 is 11.2 Å². The van der Waals surface area contributed by atoms with Crippen LogP contribution in [0.5, 0.6) is 0 Å². The summed E-state index contributed by atoms with van der Waals surface area (Å²) in [5.41, 5.74) is 0.999. The molecular formula is C28H30N4O4. The molecule has 4 saturated carbocycles. The van der Waals surface area contributed by atoms with E-state index in [1.807, 2.05) is 0 Å². The van der Waals surface area contributed by atoms with Crippen molar-refractivity contribution in [1.29, 1.82) is 0 Å². The summed E-state index contributed by atoms with van der Waals surface area (Å²) >= 11 is 0. The summed E-state index contributed by atoms with van der Waals surface area (Å²) in [5, 5.41) is 6.50. The molecule has 4 bridgehead atoms. The molecule has 0 atom stereocenters. The lowest BCUT2D eigenvalue weighted by molar-refractivity contribution is -0.0167. The fourth-order valence-electron chi connectivity index (χ4n) is 7.22. The molecule has 2 aromatic carbocycles. The Kier molecular flexibility index (Phi) is 5.17. The second-order valence-corrected chi connectivity index (χ2v) is 11.1.